The molecular weight excluding hydrogens is 298 g/mol. The number of amides is 1. The highest BCUT2D eigenvalue weighted by atomic mass is 16.5. The third-order valence-corrected chi connectivity index (χ3v) is 3.99. The lowest BCUT2D eigenvalue weighted by Gasteiger charge is -2.27. The first-order chi connectivity index (χ1) is 11.3. The summed E-state index contributed by atoms with van der Waals surface area (Å²) >= 11 is 0. The van der Waals surface area contributed by atoms with Crippen molar-refractivity contribution in [3.8, 4) is 0 Å². The summed E-state index contributed by atoms with van der Waals surface area (Å²) in [6.07, 6.45) is 1.62. The average Bonchev–Trinajstić information content (AvgIpc) is 2.63. The van der Waals surface area contributed by atoms with Crippen molar-refractivity contribution in [2.24, 2.45) is 0 Å². The van der Waals surface area contributed by atoms with E-state index in [-0.39, 0.29) is 5.91 Å². The van der Waals surface area contributed by atoms with Crippen LogP contribution in [-0.4, -0.2) is 91.4 Å². The van der Waals surface area contributed by atoms with E-state index in [9.17, 15) is 4.79 Å². The Balaban J connectivity index is 1.51. The maximum absolute atomic E-state index is 12.4. The van der Waals surface area contributed by atoms with E-state index in [0.717, 1.165) is 39.4 Å². The zero-order valence-electron chi connectivity index (χ0n) is 13.2. The molecule has 0 aromatic carbocycles. The molecule has 0 aliphatic carbocycles. The van der Waals surface area contributed by atoms with Crippen molar-refractivity contribution >= 4 is 11.9 Å². The minimum atomic E-state index is -0.0630. The first-order valence-electron chi connectivity index (χ1n) is 8.07. The SMILES string of the molecule is O=C(c1ccnc(NCCN2CCOCC2)n1)N1CCOCC1. The second-order valence-electron chi connectivity index (χ2n) is 5.55. The van der Waals surface area contributed by atoms with Crippen LogP contribution in [0.1, 0.15) is 10.5 Å². The second-order valence-corrected chi connectivity index (χ2v) is 5.55. The van der Waals surface area contributed by atoms with Gasteiger partial charge in [-0.2, -0.15) is 0 Å². The first kappa shape index (κ1) is 16.1. The maximum Gasteiger partial charge on any atom is 0.272 e. The highest BCUT2D eigenvalue weighted by molar-refractivity contribution is 5.92. The van der Waals surface area contributed by atoms with Crippen molar-refractivity contribution in [2.45, 2.75) is 0 Å². The Morgan fingerprint density at radius 2 is 1.83 bits per heavy atom. The lowest BCUT2D eigenvalue weighted by molar-refractivity contribution is 0.0299. The number of nitrogens with zero attached hydrogens (tertiary/aromatic N) is 4. The maximum atomic E-state index is 12.4. The number of carbonyl (C=O) groups excluding carboxylic acids is 1. The molecule has 1 amide bonds. The highest BCUT2D eigenvalue weighted by Crippen LogP contribution is 2.07. The molecule has 1 N–H and O–H groups in total. The Kier molecular flexibility index (Phi) is 5.73. The third-order valence-electron chi connectivity index (χ3n) is 3.99. The normalized spacial score (nSPS) is 19.6. The van der Waals surface area contributed by atoms with Gasteiger partial charge in [-0.15, -0.1) is 0 Å². The van der Waals surface area contributed by atoms with Gasteiger partial charge in [0.05, 0.1) is 26.4 Å². The molecule has 1 aromatic rings. The fourth-order valence-electron chi connectivity index (χ4n) is 2.64. The number of rotatable bonds is 5. The molecule has 0 spiro atoms. The van der Waals surface area contributed by atoms with Crippen LogP contribution in [0.3, 0.4) is 0 Å². The quantitative estimate of drug-likeness (QED) is 0.797. The van der Waals surface area contributed by atoms with E-state index in [4.69, 9.17) is 9.47 Å². The monoisotopic (exact) mass is 321 g/mol. The summed E-state index contributed by atoms with van der Waals surface area (Å²) in [5.74, 6) is 0.435. The van der Waals surface area contributed by atoms with Crippen molar-refractivity contribution in [1.29, 1.82) is 0 Å². The molecular formula is C15H23N5O3. The van der Waals surface area contributed by atoms with Crippen LogP contribution in [0.5, 0.6) is 0 Å². The average molecular weight is 321 g/mol. The number of morpholine rings is 2. The zero-order valence-corrected chi connectivity index (χ0v) is 13.2. The molecule has 2 aliphatic rings. The molecule has 0 atom stereocenters. The first-order valence-corrected chi connectivity index (χ1v) is 8.07. The standard InChI is InChI=1S/C15H23N5O3/c21-14(20-7-11-23-12-8-20)13-1-2-16-15(18-13)17-3-4-19-5-9-22-10-6-19/h1-2H,3-12H2,(H,16,17,18). The summed E-state index contributed by atoms with van der Waals surface area (Å²) in [6.45, 7) is 7.55. The number of hydrogen-bond donors (Lipinski definition) is 1. The molecule has 8 nitrogen and oxygen atoms in total. The minimum absolute atomic E-state index is 0.0630. The Hall–Kier alpha value is -1.77. The lowest BCUT2D eigenvalue weighted by atomic mass is 10.3. The number of aromatic nitrogens is 2. The van der Waals surface area contributed by atoms with Crippen LogP contribution in [0.4, 0.5) is 5.95 Å². The van der Waals surface area contributed by atoms with Crippen LogP contribution in [0.25, 0.3) is 0 Å². The number of carbonyl (C=O) groups is 1. The highest BCUT2D eigenvalue weighted by Gasteiger charge is 2.20. The second kappa shape index (κ2) is 8.19. The smallest absolute Gasteiger partial charge is 0.272 e. The number of ether oxygens (including phenoxy) is 2. The number of nitrogens with one attached hydrogen (secondary N) is 1. The van der Waals surface area contributed by atoms with Gasteiger partial charge < -0.3 is 19.7 Å². The van der Waals surface area contributed by atoms with Crippen LogP contribution >= 0.6 is 0 Å². The molecule has 0 bridgehead atoms. The van der Waals surface area contributed by atoms with E-state index in [1.807, 2.05) is 0 Å². The van der Waals surface area contributed by atoms with Gasteiger partial charge >= 0.3 is 0 Å². The van der Waals surface area contributed by atoms with E-state index >= 15 is 0 Å². The molecule has 0 saturated carbocycles. The zero-order chi connectivity index (χ0) is 15.9. The summed E-state index contributed by atoms with van der Waals surface area (Å²) in [5, 5.41) is 3.19. The van der Waals surface area contributed by atoms with Crippen molar-refractivity contribution in [2.75, 3.05) is 71.0 Å². The number of hydrogen-bond acceptors (Lipinski definition) is 7. The van der Waals surface area contributed by atoms with Gasteiger partial charge in [-0.3, -0.25) is 9.69 Å². The van der Waals surface area contributed by atoms with Crippen molar-refractivity contribution < 1.29 is 14.3 Å². The van der Waals surface area contributed by atoms with Crippen LogP contribution in [0.2, 0.25) is 0 Å². The molecule has 126 valence electrons. The van der Waals surface area contributed by atoms with Gasteiger partial charge in [0.1, 0.15) is 5.69 Å². The third kappa shape index (κ3) is 4.60. The summed E-state index contributed by atoms with van der Waals surface area (Å²) in [6, 6.07) is 1.66. The Morgan fingerprint density at radius 3 is 2.57 bits per heavy atom. The van der Waals surface area contributed by atoms with Gasteiger partial charge in [0, 0.05) is 45.5 Å². The van der Waals surface area contributed by atoms with Crippen LogP contribution in [0.15, 0.2) is 12.3 Å². The lowest BCUT2D eigenvalue weighted by Crippen LogP contribution is -2.41. The Bertz CT molecular complexity index is 516. The van der Waals surface area contributed by atoms with E-state index in [1.165, 1.54) is 0 Å². The Morgan fingerprint density at radius 1 is 1.13 bits per heavy atom. The van der Waals surface area contributed by atoms with E-state index in [1.54, 1.807) is 17.2 Å². The fourth-order valence-corrected chi connectivity index (χ4v) is 2.64. The molecule has 3 heterocycles. The Labute approximate surface area is 135 Å². The van der Waals surface area contributed by atoms with Crippen molar-refractivity contribution in [3.63, 3.8) is 0 Å². The minimum Gasteiger partial charge on any atom is -0.379 e. The molecule has 2 fully saturated rings. The van der Waals surface area contributed by atoms with E-state index < -0.39 is 0 Å². The largest absolute Gasteiger partial charge is 0.379 e. The van der Waals surface area contributed by atoms with Gasteiger partial charge in [0.2, 0.25) is 5.95 Å². The number of anilines is 1. The van der Waals surface area contributed by atoms with Gasteiger partial charge in [-0.1, -0.05) is 0 Å². The van der Waals surface area contributed by atoms with Gasteiger partial charge in [0.25, 0.3) is 5.91 Å². The molecule has 1 aromatic heterocycles. The summed E-state index contributed by atoms with van der Waals surface area (Å²) in [5.41, 5.74) is 0.427. The predicted octanol–water partition coefficient (Wildman–Crippen LogP) is -0.307. The summed E-state index contributed by atoms with van der Waals surface area (Å²) < 4.78 is 10.6. The van der Waals surface area contributed by atoms with E-state index in [0.29, 0.717) is 37.9 Å². The summed E-state index contributed by atoms with van der Waals surface area (Å²) in [4.78, 5) is 25.0. The van der Waals surface area contributed by atoms with Crippen LogP contribution < -0.4 is 5.32 Å². The predicted molar refractivity (Wildman–Crippen MR) is 84.5 cm³/mol. The molecule has 0 radical (unpaired) electrons. The van der Waals surface area contributed by atoms with Crippen LogP contribution in [-0.2, 0) is 9.47 Å². The van der Waals surface area contributed by atoms with Crippen molar-refractivity contribution in [1.82, 2.24) is 19.8 Å². The topological polar surface area (TPSA) is 79.8 Å². The molecule has 2 saturated heterocycles. The molecule has 23 heavy (non-hydrogen) atoms. The molecule has 2 aliphatic heterocycles. The van der Waals surface area contributed by atoms with E-state index in [2.05, 4.69) is 20.2 Å². The fraction of sp³-hybridized carbons (Fsp3) is 0.667. The van der Waals surface area contributed by atoms with Crippen molar-refractivity contribution in [3.05, 3.63) is 18.0 Å². The van der Waals surface area contributed by atoms with Crippen LogP contribution in [0, 0.1) is 0 Å². The van der Waals surface area contributed by atoms with Gasteiger partial charge in [-0.25, -0.2) is 9.97 Å². The molecule has 8 heteroatoms. The van der Waals surface area contributed by atoms with Gasteiger partial charge in [-0.05, 0) is 6.07 Å². The molecule has 0 unspecified atom stereocenters. The molecule has 3 rings (SSSR count). The van der Waals surface area contributed by atoms with Gasteiger partial charge in [0.15, 0.2) is 0 Å². The summed E-state index contributed by atoms with van der Waals surface area (Å²) in [7, 11) is 0.